The van der Waals surface area contributed by atoms with E-state index in [1.807, 2.05) is 12.1 Å². The number of ether oxygens (including phenoxy) is 2. The molecule has 0 amide bonds. The fourth-order valence-electron chi connectivity index (χ4n) is 3.97. The number of rotatable bonds is 4. The largest absolute Gasteiger partial charge is 0.493 e. The maximum absolute atomic E-state index is 10.8. The van der Waals surface area contributed by atoms with Gasteiger partial charge in [-0.15, -0.1) is 0 Å². The van der Waals surface area contributed by atoms with Crippen molar-refractivity contribution < 1.29 is 14.6 Å². The summed E-state index contributed by atoms with van der Waals surface area (Å²) in [5.74, 6) is 1.36. The second-order valence-corrected chi connectivity index (χ2v) is 6.45. The minimum atomic E-state index is -0.390. The molecule has 2 unspecified atom stereocenters. The van der Waals surface area contributed by atoms with Crippen molar-refractivity contribution >= 4 is 0 Å². The van der Waals surface area contributed by atoms with E-state index in [0.29, 0.717) is 5.92 Å². The Kier molecular flexibility index (Phi) is 4.51. The standard InChI is InChI=1S/C18H26O3/c1-20-18(10-5-2-6-11-18)17(19)13-14-9-12-21-16-8-4-3-7-15(14)16/h3-4,7-8,14,17,19H,2,5-6,9-13H2,1H3. The van der Waals surface area contributed by atoms with Crippen LogP contribution in [0.3, 0.4) is 0 Å². The van der Waals surface area contributed by atoms with Crippen molar-refractivity contribution in [3.8, 4) is 5.75 Å². The van der Waals surface area contributed by atoms with Gasteiger partial charge in [0.15, 0.2) is 0 Å². The average molecular weight is 290 g/mol. The van der Waals surface area contributed by atoms with E-state index in [2.05, 4.69) is 12.1 Å². The monoisotopic (exact) mass is 290 g/mol. The highest BCUT2D eigenvalue weighted by molar-refractivity contribution is 5.37. The van der Waals surface area contributed by atoms with Gasteiger partial charge in [-0.3, -0.25) is 0 Å². The zero-order valence-corrected chi connectivity index (χ0v) is 12.9. The summed E-state index contributed by atoms with van der Waals surface area (Å²) < 4.78 is 11.5. The van der Waals surface area contributed by atoms with E-state index in [-0.39, 0.29) is 11.7 Å². The molecule has 3 nitrogen and oxygen atoms in total. The Morgan fingerprint density at radius 1 is 1.29 bits per heavy atom. The molecule has 1 heterocycles. The number of methoxy groups -OCH3 is 1. The predicted molar refractivity (Wildman–Crippen MR) is 82.7 cm³/mol. The van der Waals surface area contributed by atoms with Gasteiger partial charge in [-0.25, -0.2) is 0 Å². The van der Waals surface area contributed by atoms with Crippen LogP contribution in [-0.2, 0) is 4.74 Å². The molecule has 21 heavy (non-hydrogen) atoms. The van der Waals surface area contributed by atoms with Gasteiger partial charge in [-0.1, -0.05) is 37.5 Å². The van der Waals surface area contributed by atoms with Gasteiger partial charge in [-0.05, 0) is 43.2 Å². The molecule has 3 heteroatoms. The van der Waals surface area contributed by atoms with Gasteiger partial charge in [0.25, 0.3) is 0 Å². The molecule has 1 aliphatic heterocycles. The first kappa shape index (κ1) is 14.9. The summed E-state index contributed by atoms with van der Waals surface area (Å²) in [6.45, 7) is 0.744. The second-order valence-electron chi connectivity index (χ2n) is 6.45. The Hall–Kier alpha value is -1.06. The van der Waals surface area contributed by atoms with Crippen LogP contribution in [0, 0.1) is 0 Å². The van der Waals surface area contributed by atoms with Crippen LogP contribution >= 0.6 is 0 Å². The van der Waals surface area contributed by atoms with Gasteiger partial charge in [0.2, 0.25) is 0 Å². The summed E-state index contributed by atoms with van der Waals surface area (Å²) in [5.41, 5.74) is 0.913. The number of aliphatic hydroxyl groups excluding tert-OH is 1. The van der Waals surface area contributed by atoms with Crippen molar-refractivity contribution in [1.29, 1.82) is 0 Å². The van der Waals surface area contributed by atoms with Gasteiger partial charge in [0, 0.05) is 7.11 Å². The zero-order chi connectivity index (χ0) is 14.7. The Morgan fingerprint density at radius 2 is 2.05 bits per heavy atom. The number of para-hydroxylation sites is 1. The number of aliphatic hydroxyl groups is 1. The van der Waals surface area contributed by atoms with Gasteiger partial charge in [-0.2, -0.15) is 0 Å². The first-order valence-corrected chi connectivity index (χ1v) is 8.20. The smallest absolute Gasteiger partial charge is 0.122 e. The average Bonchev–Trinajstić information content (AvgIpc) is 2.56. The minimum absolute atomic E-state index is 0.328. The lowest BCUT2D eigenvalue weighted by molar-refractivity contribution is -0.127. The zero-order valence-electron chi connectivity index (χ0n) is 12.9. The van der Waals surface area contributed by atoms with Gasteiger partial charge < -0.3 is 14.6 Å². The number of hydrogen-bond donors (Lipinski definition) is 1. The third kappa shape index (κ3) is 2.95. The lowest BCUT2D eigenvalue weighted by Crippen LogP contribution is -2.46. The molecule has 1 N–H and O–H groups in total. The van der Waals surface area contributed by atoms with E-state index in [4.69, 9.17) is 9.47 Å². The third-order valence-corrected chi connectivity index (χ3v) is 5.30. The highest BCUT2D eigenvalue weighted by Crippen LogP contribution is 2.41. The van der Waals surface area contributed by atoms with Crippen LogP contribution in [0.25, 0.3) is 0 Å². The van der Waals surface area contributed by atoms with E-state index in [0.717, 1.165) is 50.9 Å². The molecule has 1 aromatic rings. The topological polar surface area (TPSA) is 38.7 Å². The molecule has 0 saturated heterocycles. The molecular formula is C18H26O3. The van der Waals surface area contributed by atoms with Crippen LogP contribution < -0.4 is 4.74 Å². The van der Waals surface area contributed by atoms with Crippen LogP contribution in [0.5, 0.6) is 5.75 Å². The molecule has 116 valence electrons. The van der Waals surface area contributed by atoms with E-state index in [1.54, 1.807) is 7.11 Å². The van der Waals surface area contributed by atoms with Gasteiger partial charge >= 0.3 is 0 Å². The Labute approximate surface area is 127 Å². The molecule has 2 atom stereocenters. The third-order valence-electron chi connectivity index (χ3n) is 5.30. The fourth-order valence-corrected chi connectivity index (χ4v) is 3.97. The first-order valence-electron chi connectivity index (χ1n) is 8.20. The molecule has 0 spiro atoms. The molecule has 2 aliphatic rings. The summed E-state index contributed by atoms with van der Waals surface area (Å²) in [6, 6.07) is 8.22. The Balaban J connectivity index is 1.74. The molecule has 1 fully saturated rings. The normalized spacial score (nSPS) is 25.7. The SMILES string of the molecule is COC1(C(O)CC2CCOc3ccccc32)CCCCC1. The quantitative estimate of drug-likeness (QED) is 0.920. The molecule has 0 radical (unpaired) electrons. The molecule has 0 bridgehead atoms. The number of benzene rings is 1. The maximum atomic E-state index is 10.8. The van der Waals surface area contributed by atoms with E-state index < -0.39 is 0 Å². The maximum Gasteiger partial charge on any atom is 0.122 e. The minimum Gasteiger partial charge on any atom is -0.493 e. The fraction of sp³-hybridized carbons (Fsp3) is 0.667. The van der Waals surface area contributed by atoms with Crippen molar-refractivity contribution in [3.05, 3.63) is 29.8 Å². The number of fused-ring (bicyclic) bond motifs is 1. The summed E-state index contributed by atoms with van der Waals surface area (Å²) in [5, 5.41) is 10.8. The molecule has 1 aromatic carbocycles. The van der Waals surface area contributed by atoms with Crippen molar-refractivity contribution in [1.82, 2.24) is 0 Å². The Morgan fingerprint density at radius 3 is 2.81 bits per heavy atom. The van der Waals surface area contributed by atoms with E-state index >= 15 is 0 Å². The summed E-state index contributed by atoms with van der Waals surface area (Å²) in [4.78, 5) is 0. The Bertz CT molecular complexity index is 465. The molecule has 1 aliphatic carbocycles. The molecule has 0 aromatic heterocycles. The first-order chi connectivity index (χ1) is 10.2. The van der Waals surface area contributed by atoms with Crippen molar-refractivity contribution in [2.45, 2.75) is 62.6 Å². The van der Waals surface area contributed by atoms with E-state index in [9.17, 15) is 5.11 Å². The van der Waals surface area contributed by atoms with E-state index in [1.165, 1.54) is 12.0 Å². The summed E-state index contributed by atoms with van der Waals surface area (Å²) >= 11 is 0. The van der Waals surface area contributed by atoms with Crippen molar-refractivity contribution in [3.63, 3.8) is 0 Å². The molecular weight excluding hydrogens is 264 g/mol. The van der Waals surface area contributed by atoms with Crippen LogP contribution in [0.15, 0.2) is 24.3 Å². The molecule has 1 saturated carbocycles. The van der Waals surface area contributed by atoms with Gasteiger partial charge in [0.1, 0.15) is 5.75 Å². The van der Waals surface area contributed by atoms with Crippen LogP contribution in [0.4, 0.5) is 0 Å². The number of hydrogen-bond acceptors (Lipinski definition) is 3. The van der Waals surface area contributed by atoms with Crippen molar-refractivity contribution in [2.24, 2.45) is 0 Å². The summed E-state index contributed by atoms with van der Waals surface area (Å²) in [7, 11) is 1.76. The second kappa shape index (κ2) is 6.37. The van der Waals surface area contributed by atoms with Crippen molar-refractivity contribution in [2.75, 3.05) is 13.7 Å². The lowest BCUT2D eigenvalue weighted by atomic mass is 9.76. The predicted octanol–water partition coefficient (Wildman–Crippen LogP) is 3.65. The lowest BCUT2D eigenvalue weighted by Gasteiger charge is -2.41. The highest BCUT2D eigenvalue weighted by Gasteiger charge is 2.40. The van der Waals surface area contributed by atoms with Crippen LogP contribution in [-0.4, -0.2) is 30.5 Å². The summed E-state index contributed by atoms with van der Waals surface area (Å²) in [6.07, 6.45) is 6.91. The van der Waals surface area contributed by atoms with Crippen LogP contribution in [0.1, 0.15) is 56.4 Å². The molecule has 3 rings (SSSR count). The highest BCUT2D eigenvalue weighted by atomic mass is 16.5. The van der Waals surface area contributed by atoms with Crippen LogP contribution in [0.2, 0.25) is 0 Å². The van der Waals surface area contributed by atoms with Gasteiger partial charge in [0.05, 0.1) is 18.3 Å².